The van der Waals surface area contributed by atoms with Crippen LogP contribution in [0.5, 0.6) is 17.2 Å². The number of benzene rings is 2. The van der Waals surface area contributed by atoms with E-state index in [1.54, 1.807) is 30.3 Å². The molecule has 0 heterocycles. The summed E-state index contributed by atoms with van der Waals surface area (Å²) in [7, 11) is 0. The molecule has 0 unspecified atom stereocenters. The molecule has 0 atom stereocenters. The second-order valence-electron chi connectivity index (χ2n) is 4.81. The van der Waals surface area contributed by atoms with Crippen molar-refractivity contribution >= 4 is 11.8 Å². The van der Waals surface area contributed by atoms with E-state index in [2.05, 4.69) is 5.32 Å². The van der Waals surface area contributed by atoms with E-state index in [1.807, 2.05) is 32.9 Å². The van der Waals surface area contributed by atoms with Gasteiger partial charge in [-0.15, -0.1) is 0 Å². The number of anilines is 1. The van der Waals surface area contributed by atoms with Gasteiger partial charge >= 0.3 is 6.09 Å². The van der Waals surface area contributed by atoms with Gasteiger partial charge in [0, 0.05) is 11.8 Å². The smallest absolute Gasteiger partial charge is 0.417 e. The molecule has 0 spiro atoms. The van der Waals surface area contributed by atoms with E-state index < -0.39 is 6.09 Å². The van der Waals surface area contributed by atoms with E-state index in [4.69, 9.17) is 14.2 Å². The lowest BCUT2D eigenvalue weighted by Gasteiger charge is -2.15. The van der Waals surface area contributed by atoms with Crippen LogP contribution in [0.2, 0.25) is 0 Å². The van der Waals surface area contributed by atoms with Crippen LogP contribution in [0.15, 0.2) is 42.5 Å². The summed E-state index contributed by atoms with van der Waals surface area (Å²) in [6, 6.07) is 12.4. The number of amides is 1. The molecule has 0 saturated carbocycles. The normalized spacial score (nSPS) is 10.0. The Balaban J connectivity index is 2.14. The molecule has 1 amide bonds. The van der Waals surface area contributed by atoms with Crippen LogP contribution in [0, 0.1) is 6.92 Å². The number of nitrogens with one attached hydrogen (secondary N) is 1. The maximum Gasteiger partial charge on any atom is 0.417 e. The minimum absolute atomic E-state index is 0.484. The molecular weight excluding hydrogens is 294 g/mol. The van der Waals surface area contributed by atoms with Crippen LogP contribution in [0.25, 0.3) is 0 Å². The predicted octanol–water partition coefficient (Wildman–Crippen LogP) is 4.40. The number of hydrogen-bond acceptors (Lipinski definition) is 4. The molecule has 0 saturated heterocycles. The van der Waals surface area contributed by atoms with Crippen molar-refractivity contribution in [1.29, 1.82) is 0 Å². The first-order chi connectivity index (χ1) is 11.1. The largest absolute Gasteiger partial charge is 0.490 e. The fraction of sp³-hybridized carbons (Fsp3) is 0.278. The Morgan fingerprint density at radius 2 is 1.74 bits per heavy atom. The molecule has 0 aliphatic carbocycles. The minimum Gasteiger partial charge on any atom is -0.490 e. The Labute approximate surface area is 136 Å². The third kappa shape index (κ3) is 4.64. The highest BCUT2D eigenvalue weighted by molar-refractivity contribution is 5.87. The molecule has 2 rings (SSSR count). The van der Waals surface area contributed by atoms with Gasteiger partial charge in [-0.25, -0.2) is 4.79 Å². The van der Waals surface area contributed by atoms with Gasteiger partial charge in [0.05, 0.1) is 13.2 Å². The van der Waals surface area contributed by atoms with Gasteiger partial charge in [-0.2, -0.15) is 0 Å². The van der Waals surface area contributed by atoms with Crippen LogP contribution in [-0.4, -0.2) is 19.3 Å². The summed E-state index contributed by atoms with van der Waals surface area (Å²) in [5.41, 5.74) is 1.48. The molecule has 23 heavy (non-hydrogen) atoms. The molecular formula is C18H21NO4. The van der Waals surface area contributed by atoms with Gasteiger partial charge in [0.2, 0.25) is 0 Å². The maximum atomic E-state index is 12.0. The first kappa shape index (κ1) is 16.7. The van der Waals surface area contributed by atoms with Crippen LogP contribution in [-0.2, 0) is 0 Å². The van der Waals surface area contributed by atoms with E-state index in [1.165, 1.54) is 0 Å². The molecule has 2 aromatic rings. The van der Waals surface area contributed by atoms with Crippen molar-refractivity contribution in [2.75, 3.05) is 18.5 Å². The fourth-order valence-corrected chi connectivity index (χ4v) is 2.14. The van der Waals surface area contributed by atoms with E-state index in [0.29, 0.717) is 36.1 Å². The number of ether oxygens (including phenoxy) is 3. The van der Waals surface area contributed by atoms with Crippen molar-refractivity contribution in [3.05, 3.63) is 48.0 Å². The second kappa shape index (κ2) is 8.08. The SMILES string of the molecule is CCOc1cc(NC(=O)Oc2ccccc2)cc(C)c1OCC. The average molecular weight is 315 g/mol. The van der Waals surface area contributed by atoms with Crippen LogP contribution >= 0.6 is 0 Å². The lowest BCUT2D eigenvalue weighted by Crippen LogP contribution is -2.17. The molecule has 122 valence electrons. The Hall–Kier alpha value is -2.69. The van der Waals surface area contributed by atoms with Gasteiger partial charge in [0.15, 0.2) is 11.5 Å². The van der Waals surface area contributed by atoms with Gasteiger partial charge < -0.3 is 14.2 Å². The number of hydrogen-bond donors (Lipinski definition) is 1. The van der Waals surface area contributed by atoms with E-state index in [-0.39, 0.29) is 0 Å². The summed E-state index contributed by atoms with van der Waals surface area (Å²) in [5.74, 6) is 1.78. The zero-order valence-corrected chi connectivity index (χ0v) is 13.6. The van der Waals surface area contributed by atoms with Gasteiger partial charge in [0.1, 0.15) is 5.75 Å². The van der Waals surface area contributed by atoms with Gasteiger partial charge in [-0.1, -0.05) is 18.2 Å². The molecule has 0 bridgehead atoms. The molecule has 1 N–H and O–H groups in total. The molecule has 0 aromatic heterocycles. The third-order valence-electron chi connectivity index (χ3n) is 3.03. The highest BCUT2D eigenvalue weighted by Crippen LogP contribution is 2.34. The highest BCUT2D eigenvalue weighted by Gasteiger charge is 2.13. The van der Waals surface area contributed by atoms with Gasteiger partial charge in [-0.05, 0) is 44.5 Å². The second-order valence-corrected chi connectivity index (χ2v) is 4.81. The number of para-hydroxylation sites is 1. The number of aryl methyl sites for hydroxylation is 1. The molecule has 2 aromatic carbocycles. The summed E-state index contributed by atoms with van der Waals surface area (Å²) >= 11 is 0. The zero-order chi connectivity index (χ0) is 16.7. The fourth-order valence-electron chi connectivity index (χ4n) is 2.14. The number of carbonyl (C=O) groups is 1. The predicted molar refractivity (Wildman–Crippen MR) is 89.6 cm³/mol. The summed E-state index contributed by atoms with van der Waals surface area (Å²) < 4.78 is 16.4. The van der Waals surface area contributed by atoms with Crippen LogP contribution in [0.1, 0.15) is 19.4 Å². The van der Waals surface area contributed by atoms with Crippen molar-refractivity contribution in [1.82, 2.24) is 0 Å². The molecule has 0 aliphatic rings. The molecule has 0 aliphatic heterocycles. The standard InChI is InChI=1S/C18H21NO4/c1-4-21-16-12-14(11-13(3)17(16)22-5-2)19-18(20)23-15-9-7-6-8-10-15/h6-12H,4-5H2,1-3H3,(H,19,20). The Kier molecular flexibility index (Phi) is 5.86. The van der Waals surface area contributed by atoms with Crippen molar-refractivity contribution < 1.29 is 19.0 Å². The maximum absolute atomic E-state index is 12.0. The first-order valence-corrected chi connectivity index (χ1v) is 7.58. The summed E-state index contributed by atoms with van der Waals surface area (Å²) in [6.45, 7) is 6.77. The number of rotatable bonds is 6. The Morgan fingerprint density at radius 1 is 1.04 bits per heavy atom. The summed E-state index contributed by atoms with van der Waals surface area (Å²) in [5, 5.41) is 2.70. The monoisotopic (exact) mass is 315 g/mol. The van der Waals surface area contributed by atoms with Crippen molar-refractivity contribution in [2.24, 2.45) is 0 Å². The molecule has 0 fully saturated rings. The minimum atomic E-state index is -0.554. The first-order valence-electron chi connectivity index (χ1n) is 7.58. The average Bonchev–Trinajstić information content (AvgIpc) is 2.52. The van der Waals surface area contributed by atoms with Crippen molar-refractivity contribution in [3.8, 4) is 17.2 Å². The van der Waals surface area contributed by atoms with Crippen LogP contribution in [0.4, 0.5) is 10.5 Å². The zero-order valence-electron chi connectivity index (χ0n) is 13.6. The van der Waals surface area contributed by atoms with Crippen molar-refractivity contribution in [2.45, 2.75) is 20.8 Å². The van der Waals surface area contributed by atoms with E-state index in [0.717, 1.165) is 5.56 Å². The Bertz CT molecular complexity index is 656. The highest BCUT2D eigenvalue weighted by atomic mass is 16.6. The summed E-state index contributed by atoms with van der Waals surface area (Å²) in [6.07, 6.45) is -0.554. The molecule has 5 heteroatoms. The Morgan fingerprint density at radius 3 is 2.39 bits per heavy atom. The molecule has 5 nitrogen and oxygen atoms in total. The quantitative estimate of drug-likeness (QED) is 0.858. The van der Waals surface area contributed by atoms with Gasteiger partial charge in [0.25, 0.3) is 0 Å². The summed E-state index contributed by atoms with van der Waals surface area (Å²) in [4.78, 5) is 12.0. The number of carbonyl (C=O) groups excluding carboxylic acids is 1. The van der Waals surface area contributed by atoms with Crippen molar-refractivity contribution in [3.63, 3.8) is 0 Å². The lowest BCUT2D eigenvalue weighted by atomic mass is 10.2. The van der Waals surface area contributed by atoms with E-state index in [9.17, 15) is 4.79 Å². The topological polar surface area (TPSA) is 56.8 Å². The van der Waals surface area contributed by atoms with Crippen LogP contribution in [0.3, 0.4) is 0 Å². The third-order valence-corrected chi connectivity index (χ3v) is 3.03. The van der Waals surface area contributed by atoms with Crippen LogP contribution < -0.4 is 19.5 Å². The van der Waals surface area contributed by atoms with Gasteiger partial charge in [-0.3, -0.25) is 5.32 Å². The van der Waals surface area contributed by atoms with E-state index >= 15 is 0 Å². The lowest BCUT2D eigenvalue weighted by molar-refractivity contribution is 0.215. The molecule has 0 radical (unpaired) electrons.